The highest BCUT2D eigenvalue weighted by Crippen LogP contribution is 2.29. The van der Waals surface area contributed by atoms with Crippen LogP contribution in [0.5, 0.6) is 11.5 Å². The number of Topliss-reactive ketones (excluding diaryl/α,β-unsaturated/α-hetero) is 1. The van der Waals surface area contributed by atoms with Crippen molar-refractivity contribution < 1.29 is 14.3 Å². The smallest absolute Gasteiger partial charge is 0.150 e. The van der Waals surface area contributed by atoms with E-state index in [2.05, 4.69) is 17.5 Å². The Balaban J connectivity index is 1.96. The maximum atomic E-state index is 12.1. The normalized spacial score (nSPS) is 19.9. The van der Waals surface area contributed by atoms with Crippen LogP contribution in [0.3, 0.4) is 0 Å². The second-order valence-electron chi connectivity index (χ2n) is 6.61. The van der Waals surface area contributed by atoms with Crippen molar-refractivity contribution in [3.05, 3.63) is 70.8 Å². The number of rotatable bonds is 5. The lowest BCUT2D eigenvalue weighted by molar-refractivity contribution is -0.118. The first-order chi connectivity index (χ1) is 13.1. The van der Waals surface area contributed by atoms with E-state index >= 15 is 0 Å². The Hall–Kier alpha value is -2.85. The maximum absolute atomic E-state index is 12.1. The van der Waals surface area contributed by atoms with Crippen molar-refractivity contribution >= 4 is 17.9 Å². The van der Waals surface area contributed by atoms with Gasteiger partial charge in [0, 0.05) is 17.7 Å². The minimum atomic E-state index is -0.273. The van der Waals surface area contributed by atoms with E-state index in [1.54, 1.807) is 21.1 Å². The van der Waals surface area contributed by atoms with Gasteiger partial charge in [0.25, 0.3) is 0 Å². The first-order valence-corrected chi connectivity index (χ1v) is 9.02. The molecule has 0 aliphatic carbocycles. The third-order valence-electron chi connectivity index (χ3n) is 4.72. The molecule has 1 aliphatic heterocycles. The van der Waals surface area contributed by atoms with Crippen LogP contribution in [0.25, 0.3) is 12.2 Å². The van der Waals surface area contributed by atoms with Crippen LogP contribution in [-0.4, -0.2) is 32.6 Å². The van der Waals surface area contributed by atoms with Gasteiger partial charge >= 0.3 is 0 Å². The highest BCUT2D eigenvalue weighted by Gasteiger charge is 2.25. The lowest BCUT2D eigenvalue weighted by atomic mass is 9.89. The average molecular weight is 363 g/mol. The van der Waals surface area contributed by atoms with Crippen LogP contribution in [0.2, 0.25) is 0 Å². The molecule has 1 saturated heterocycles. The van der Waals surface area contributed by atoms with Crippen molar-refractivity contribution in [2.75, 3.05) is 20.8 Å². The van der Waals surface area contributed by atoms with Gasteiger partial charge in [-0.15, -0.1) is 0 Å². The molecule has 1 heterocycles. The van der Waals surface area contributed by atoms with Crippen molar-refractivity contribution in [2.45, 2.75) is 19.4 Å². The molecule has 0 aromatic heterocycles. The molecule has 0 spiro atoms. The van der Waals surface area contributed by atoms with Gasteiger partial charge < -0.3 is 14.8 Å². The fourth-order valence-electron chi connectivity index (χ4n) is 3.42. The molecule has 0 amide bonds. The molecule has 4 heteroatoms. The number of piperidine rings is 1. The second kappa shape index (κ2) is 8.69. The predicted octanol–water partition coefficient (Wildman–Crippen LogP) is 4.12. The van der Waals surface area contributed by atoms with Gasteiger partial charge in [-0.3, -0.25) is 4.79 Å². The summed E-state index contributed by atoms with van der Waals surface area (Å²) < 4.78 is 10.9. The van der Waals surface area contributed by atoms with Crippen molar-refractivity contribution in [2.24, 2.45) is 0 Å². The summed E-state index contributed by atoms with van der Waals surface area (Å²) in [5.41, 5.74) is 4.26. The largest absolute Gasteiger partial charge is 0.496 e. The molecule has 1 unspecified atom stereocenters. The zero-order chi connectivity index (χ0) is 19.2. The van der Waals surface area contributed by atoms with Crippen molar-refractivity contribution in [3.63, 3.8) is 0 Å². The molecule has 1 atom stereocenters. The Bertz CT molecular complexity index is 883. The maximum Gasteiger partial charge on any atom is 0.150 e. The summed E-state index contributed by atoms with van der Waals surface area (Å²) in [6.07, 6.45) is 4.93. The van der Waals surface area contributed by atoms with Crippen LogP contribution >= 0.6 is 0 Å². The van der Waals surface area contributed by atoms with Gasteiger partial charge in [-0.2, -0.15) is 0 Å². The first-order valence-electron chi connectivity index (χ1n) is 9.02. The van der Waals surface area contributed by atoms with Gasteiger partial charge in [0.1, 0.15) is 11.5 Å². The van der Waals surface area contributed by atoms with Crippen LogP contribution < -0.4 is 14.8 Å². The van der Waals surface area contributed by atoms with Gasteiger partial charge in [-0.1, -0.05) is 48.0 Å². The summed E-state index contributed by atoms with van der Waals surface area (Å²) in [7, 11) is 3.33. The van der Waals surface area contributed by atoms with Gasteiger partial charge in [0.05, 0.1) is 20.3 Å². The Morgan fingerprint density at radius 3 is 2.07 bits per heavy atom. The molecule has 0 bridgehead atoms. The lowest BCUT2D eigenvalue weighted by Crippen LogP contribution is -2.42. The third-order valence-corrected chi connectivity index (χ3v) is 4.72. The quantitative estimate of drug-likeness (QED) is 0.868. The number of hydrogen-bond acceptors (Lipinski definition) is 4. The molecule has 140 valence electrons. The number of para-hydroxylation sites is 2. The number of carbonyl (C=O) groups excluding carboxylic acids is 1. The summed E-state index contributed by atoms with van der Waals surface area (Å²) in [5.74, 6) is 1.76. The standard InChI is InChI=1S/C23H25NO3/c1-16(25)23-20(14-19-9-5-7-11-22(19)27-3)13-17(15-24-23)12-18-8-4-6-10-21(18)26-2/h4-12,14,23-24H,13,15H2,1-3H3/b17-12-,20-14+. The lowest BCUT2D eigenvalue weighted by Gasteiger charge is -2.27. The van der Waals surface area contributed by atoms with E-state index in [9.17, 15) is 4.79 Å². The summed E-state index contributed by atoms with van der Waals surface area (Å²) in [6.45, 7) is 2.30. The predicted molar refractivity (Wildman–Crippen MR) is 109 cm³/mol. The fraction of sp³-hybridized carbons (Fsp3) is 0.261. The number of carbonyl (C=O) groups is 1. The molecule has 27 heavy (non-hydrogen) atoms. The monoisotopic (exact) mass is 363 g/mol. The molecule has 3 rings (SSSR count). The van der Waals surface area contributed by atoms with Crippen molar-refractivity contribution in [3.8, 4) is 11.5 Å². The first kappa shape index (κ1) is 18.9. The Morgan fingerprint density at radius 2 is 1.52 bits per heavy atom. The molecule has 1 aliphatic rings. The second-order valence-corrected chi connectivity index (χ2v) is 6.61. The topological polar surface area (TPSA) is 47.6 Å². The molecule has 0 radical (unpaired) electrons. The summed E-state index contributed by atoms with van der Waals surface area (Å²) in [5, 5.41) is 3.37. The molecular formula is C23H25NO3. The molecule has 1 fully saturated rings. The van der Waals surface area contributed by atoms with Gasteiger partial charge in [0.2, 0.25) is 0 Å². The van der Waals surface area contributed by atoms with Crippen LogP contribution in [0.1, 0.15) is 24.5 Å². The van der Waals surface area contributed by atoms with Crippen LogP contribution in [0.15, 0.2) is 59.7 Å². The SMILES string of the molecule is COc1ccccc1/C=C1\CNC(C(C)=O)/C(=C/c2ccccc2OC)C1. The molecule has 2 aromatic carbocycles. The van der Waals surface area contributed by atoms with Crippen LogP contribution in [0.4, 0.5) is 0 Å². The Morgan fingerprint density at radius 1 is 0.963 bits per heavy atom. The minimum Gasteiger partial charge on any atom is -0.496 e. The van der Waals surface area contributed by atoms with E-state index in [1.165, 1.54) is 5.57 Å². The number of ketones is 1. The molecule has 4 nitrogen and oxygen atoms in total. The summed E-state index contributed by atoms with van der Waals surface area (Å²) >= 11 is 0. The van der Waals surface area contributed by atoms with Crippen LogP contribution in [0, 0.1) is 0 Å². The minimum absolute atomic E-state index is 0.118. The zero-order valence-corrected chi connectivity index (χ0v) is 16.0. The number of methoxy groups -OCH3 is 2. The number of benzene rings is 2. The summed E-state index contributed by atoms with van der Waals surface area (Å²) in [6, 6.07) is 15.5. The third kappa shape index (κ3) is 4.47. The van der Waals surface area contributed by atoms with Crippen LogP contribution in [-0.2, 0) is 4.79 Å². The molecule has 2 aromatic rings. The number of ether oxygens (including phenoxy) is 2. The Kier molecular flexibility index (Phi) is 6.09. The zero-order valence-electron chi connectivity index (χ0n) is 16.0. The van der Waals surface area contributed by atoms with E-state index in [-0.39, 0.29) is 11.8 Å². The van der Waals surface area contributed by atoms with Gasteiger partial charge in [0.15, 0.2) is 5.78 Å². The fourth-order valence-corrected chi connectivity index (χ4v) is 3.42. The van der Waals surface area contributed by atoms with E-state index < -0.39 is 0 Å². The molecular weight excluding hydrogens is 338 g/mol. The highest BCUT2D eigenvalue weighted by molar-refractivity contribution is 5.87. The highest BCUT2D eigenvalue weighted by atomic mass is 16.5. The molecule has 0 saturated carbocycles. The van der Waals surface area contributed by atoms with Crippen molar-refractivity contribution in [1.29, 1.82) is 0 Å². The van der Waals surface area contributed by atoms with Gasteiger partial charge in [-0.05, 0) is 37.1 Å². The van der Waals surface area contributed by atoms with E-state index in [4.69, 9.17) is 9.47 Å². The van der Waals surface area contributed by atoms with Gasteiger partial charge in [-0.25, -0.2) is 0 Å². The number of nitrogens with one attached hydrogen (secondary N) is 1. The van der Waals surface area contributed by atoms with Crippen molar-refractivity contribution in [1.82, 2.24) is 5.32 Å². The molecule has 1 N–H and O–H groups in total. The van der Waals surface area contributed by atoms with E-state index in [0.29, 0.717) is 6.54 Å². The number of hydrogen-bond donors (Lipinski definition) is 1. The average Bonchev–Trinajstić information content (AvgIpc) is 2.69. The van der Waals surface area contributed by atoms with E-state index in [1.807, 2.05) is 48.5 Å². The summed E-state index contributed by atoms with van der Waals surface area (Å²) in [4.78, 5) is 12.1. The Labute approximate surface area is 160 Å². The van der Waals surface area contributed by atoms with E-state index in [0.717, 1.165) is 34.6 Å².